The molecule has 8 heteroatoms. The van der Waals surface area contributed by atoms with Gasteiger partial charge in [0.2, 0.25) is 0 Å². The van der Waals surface area contributed by atoms with Crippen molar-refractivity contribution in [3.63, 3.8) is 0 Å². The molecule has 3 N–H and O–H groups in total. The van der Waals surface area contributed by atoms with Gasteiger partial charge in [-0.15, -0.1) is 11.3 Å². The predicted octanol–water partition coefficient (Wildman–Crippen LogP) is 1.04. The second-order valence-electron chi connectivity index (χ2n) is 4.21. The highest BCUT2D eigenvalue weighted by Crippen LogP contribution is 2.32. The molecule has 6 nitrogen and oxygen atoms in total. The van der Waals surface area contributed by atoms with Crippen LogP contribution < -0.4 is 11.1 Å². The first kappa shape index (κ1) is 14.7. The summed E-state index contributed by atoms with van der Waals surface area (Å²) >= 11 is 1.25. The molecule has 2 aromatic rings. The lowest BCUT2D eigenvalue weighted by Crippen LogP contribution is -2.29. The van der Waals surface area contributed by atoms with Crippen LogP contribution in [0.5, 0.6) is 0 Å². The van der Waals surface area contributed by atoms with Gasteiger partial charge >= 0.3 is 0 Å². The second-order valence-corrected chi connectivity index (χ2v) is 7.73. The van der Waals surface area contributed by atoms with Crippen LogP contribution in [0.1, 0.15) is 16.6 Å². The number of rotatable bonds is 5. The number of carbonyl (C=O) groups is 1. The van der Waals surface area contributed by atoms with Gasteiger partial charge in [0.25, 0.3) is 5.91 Å². The monoisotopic (exact) mass is 313 g/mol. The van der Waals surface area contributed by atoms with Crippen molar-refractivity contribution in [2.24, 2.45) is 0 Å². The summed E-state index contributed by atoms with van der Waals surface area (Å²) in [7, 11) is -3.08. The topological polar surface area (TPSA) is 102 Å². The van der Waals surface area contributed by atoms with E-state index in [1.807, 2.05) is 0 Å². The van der Waals surface area contributed by atoms with Gasteiger partial charge in [0, 0.05) is 30.1 Å². The Bertz CT molecular complexity index is 737. The number of nitrogens with zero attached hydrogens (tertiary/aromatic N) is 1. The lowest BCUT2D eigenvalue weighted by atomic mass is 10.2. The molecule has 0 aromatic carbocycles. The first-order valence-electron chi connectivity index (χ1n) is 6.05. The smallest absolute Gasteiger partial charge is 0.263 e. The maximum atomic E-state index is 12.0. The van der Waals surface area contributed by atoms with Crippen molar-refractivity contribution >= 4 is 42.9 Å². The Kier molecular flexibility index (Phi) is 4.24. The molecule has 0 saturated carbocycles. The maximum absolute atomic E-state index is 12.0. The first-order chi connectivity index (χ1) is 9.44. The number of hydrogen-bond acceptors (Lipinski definition) is 6. The summed E-state index contributed by atoms with van der Waals surface area (Å²) in [4.78, 5) is 16.4. The molecule has 0 fully saturated rings. The number of nitrogen functional groups attached to an aromatic ring is 1. The number of carbonyl (C=O) groups excluding carboxylic acids is 1. The average molecular weight is 313 g/mol. The Morgan fingerprint density at radius 2 is 2.25 bits per heavy atom. The van der Waals surface area contributed by atoms with E-state index < -0.39 is 9.84 Å². The minimum absolute atomic E-state index is 0.0679. The Morgan fingerprint density at radius 1 is 1.50 bits per heavy atom. The highest BCUT2D eigenvalue weighted by atomic mass is 32.2. The van der Waals surface area contributed by atoms with Gasteiger partial charge in [0.1, 0.15) is 4.88 Å². The zero-order valence-corrected chi connectivity index (χ0v) is 12.6. The number of pyridine rings is 1. The van der Waals surface area contributed by atoms with Gasteiger partial charge in [-0.1, -0.05) is 6.92 Å². The fourth-order valence-corrected chi connectivity index (χ4v) is 3.39. The quantitative estimate of drug-likeness (QED) is 0.858. The van der Waals surface area contributed by atoms with Crippen LogP contribution in [0.15, 0.2) is 18.5 Å². The Balaban J connectivity index is 2.10. The van der Waals surface area contributed by atoms with Crippen molar-refractivity contribution in [3.05, 3.63) is 23.3 Å². The minimum atomic E-state index is -3.08. The van der Waals surface area contributed by atoms with Crippen molar-refractivity contribution in [1.29, 1.82) is 0 Å². The van der Waals surface area contributed by atoms with Crippen LogP contribution in [0, 0.1) is 0 Å². The van der Waals surface area contributed by atoms with Crippen LogP contribution in [-0.2, 0) is 9.84 Å². The summed E-state index contributed by atoms with van der Waals surface area (Å²) in [5, 5.41) is 3.37. The summed E-state index contributed by atoms with van der Waals surface area (Å²) in [6.07, 6.45) is 3.26. The van der Waals surface area contributed by atoms with E-state index in [2.05, 4.69) is 10.3 Å². The SMILES string of the molecule is CCS(=O)(=O)CCNC(=O)c1sc2cnccc2c1N. The molecule has 0 spiro atoms. The van der Waals surface area contributed by atoms with Crippen molar-refractivity contribution < 1.29 is 13.2 Å². The molecule has 2 heterocycles. The molecule has 0 aliphatic heterocycles. The van der Waals surface area contributed by atoms with Gasteiger partial charge in [-0.05, 0) is 6.07 Å². The fourth-order valence-electron chi connectivity index (χ4n) is 1.68. The largest absolute Gasteiger partial charge is 0.397 e. The first-order valence-corrected chi connectivity index (χ1v) is 8.69. The van der Waals surface area contributed by atoms with Gasteiger partial charge in [-0.2, -0.15) is 0 Å². The van der Waals surface area contributed by atoms with Crippen LogP contribution in [-0.4, -0.2) is 37.4 Å². The molecule has 2 aromatic heterocycles. The van der Waals surface area contributed by atoms with Gasteiger partial charge < -0.3 is 11.1 Å². The summed E-state index contributed by atoms with van der Waals surface area (Å²) in [5.41, 5.74) is 6.33. The molecule has 0 atom stereocenters. The predicted molar refractivity (Wildman–Crippen MR) is 80.7 cm³/mol. The Hall–Kier alpha value is -1.67. The number of sulfone groups is 1. The normalized spacial score (nSPS) is 11.7. The standard InChI is InChI=1S/C12H15N3O3S2/c1-2-20(17,18)6-5-15-12(16)11-10(13)8-3-4-14-7-9(8)19-11/h3-4,7H,2,5-6,13H2,1H3,(H,15,16). The number of nitrogens with two attached hydrogens (primary N) is 1. The third kappa shape index (κ3) is 3.07. The van der Waals surface area contributed by atoms with Gasteiger partial charge in [0.05, 0.1) is 16.1 Å². The highest BCUT2D eigenvalue weighted by molar-refractivity contribution is 7.91. The molecule has 20 heavy (non-hydrogen) atoms. The lowest BCUT2D eigenvalue weighted by Gasteiger charge is -2.04. The molecule has 0 radical (unpaired) electrons. The van der Waals surface area contributed by atoms with Gasteiger partial charge in [-0.3, -0.25) is 9.78 Å². The van der Waals surface area contributed by atoms with Crippen molar-refractivity contribution in [3.8, 4) is 0 Å². The molecule has 0 saturated heterocycles. The molecular formula is C12H15N3O3S2. The fraction of sp³-hybridized carbons (Fsp3) is 0.333. The van der Waals surface area contributed by atoms with Gasteiger partial charge in [-0.25, -0.2) is 8.42 Å². The molecular weight excluding hydrogens is 298 g/mol. The van der Waals surface area contributed by atoms with Crippen molar-refractivity contribution in [2.45, 2.75) is 6.92 Å². The summed E-state index contributed by atoms with van der Waals surface area (Å²) in [5.74, 6) is -0.351. The second kappa shape index (κ2) is 5.76. The van der Waals surface area contributed by atoms with E-state index in [0.717, 1.165) is 10.1 Å². The van der Waals surface area contributed by atoms with Crippen LogP contribution in [0.25, 0.3) is 10.1 Å². The van der Waals surface area contributed by atoms with Crippen LogP contribution >= 0.6 is 11.3 Å². The number of amides is 1. The van der Waals surface area contributed by atoms with E-state index in [4.69, 9.17) is 5.73 Å². The van der Waals surface area contributed by atoms with Crippen LogP contribution in [0.4, 0.5) is 5.69 Å². The van der Waals surface area contributed by atoms with E-state index in [1.54, 1.807) is 25.4 Å². The maximum Gasteiger partial charge on any atom is 0.263 e. The third-order valence-electron chi connectivity index (χ3n) is 2.88. The molecule has 1 amide bonds. The van der Waals surface area contributed by atoms with Crippen molar-refractivity contribution in [1.82, 2.24) is 10.3 Å². The van der Waals surface area contributed by atoms with Gasteiger partial charge in [0.15, 0.2) is 9.84 Å². The van der Waals surface area contributed by atoms with E-state index in [0.29, 0.717) is 10.6 Å². The number of fused-ring (bicyclic) bond motifs is 1. The molecule has 0 aliphatic rings. The molecule has 2 rings (SSSR count). The Morgan fingerprint density at radius 3 is 2.90 bits per heavy atom. The Labute approximate surface area is 120 Å². The zero-order valence-electron chi connectivity index (χ0n) is 10.9. The zero-order chi connectivity index (χ0) is 14.8. The third-order valence-corrected chi connectivity index (χ3v) is 5.74. The van der Waals surface area contributed by atoms with Crippen LogP contribution in [0.2, 0.25) is 0 Å². The number of anilines is 1. The summed E-state index contributed by atoms with van der Waals surface area (Å²) in [6, 6.07) is 1.75. The minimum Gasteiger partial charge on any atom is -0.397 e. The van der Waals surface area contributed by atoms with E-state index in [9.17, 15) is 13.2 Å². The van der Waals surface area contributed by atoms with Crippen molar-refractivity contribution in [2.75, 3.05) is 23.8 Å². The molecule has 0 unspecified atom stereocenters. The van der Waals surface area contributed by atoms with E-state index >= 15 is 0 Å². The highest BCUT2D eigenvalue weighted by Gasteiger charge is 2.16. The van der Waals surface area contributed by atoms with E-state index in [1.165, 1.54) is 11.3 Å². The number of nitrogens with one attached hydrogen (secondary N) is 1. The molecule has 0 aliphatic carbocycles. The molecule has 108 valence electrons. The molecule has 0 bridgehead atoms. The lowest BCUT2D eigenvalue weighted by molar-refractivity contribution is 0.0961. The number of hydrogen-bond donors (Lipinski definition) is 2. The summed E-state index contributed by atoms with van der Waals surface area (Å²) < 4.78 is 23.5. The number of aromatic nitrogens is 1. The average Bonchev–Trinajstić information content (AvgIpc) is 2.76. The summed E-state index contributed by atoms with van der Waals surface area (Å²) in [6.45, 7) is 1.66. The van der Waals surface area contributed by atoms with Crippen LogP contribution in [0.3, 0.4) is 0 Å². The number of thiophene rings is 1. The van der Waals surface area contributed by atoms with E-state index in [-0.39, 0.29) is 24.0 Å².